The lowest BCUT2D eigenvalue weighted by molar-refractivity contribution is 1.11. The number of rotatable bonds is 3. The molecule has 17 heavy (non-hydrogen) atoms. The number of hydrogen-bond acceptors (Lipinski definition) is 3. The maximum Gasteiger partial charge on any atom is 0.0582 e. The van der Waals surface area contributed by atoms with E-state index in [1.807, 2.05) is 25.3 Å². The van der Waals surface area contributed by atoms with Crippen molar-refractivity contribution in [2.24, 2.45) is 0 Å². The standard InChI is InChI=1S/C14H17N3/c1-10-6-11(2)14(15)13(7-10)17-9-12-4-3-5-16-8-12/h3-8,17H,9,15H2,1-2H3. The number of benzene rings is 1. The molecule has 0 aliphatic heterocycles. The molecule has 2 aromatic rings. The molecule has 2 rings (SSSR count). The molecule has 0 spiro atoms. The Labute approximate surface area is 102 Å². The van der Waals surface area contributed by atoms with Gasteiger partial charge in [0.05, 0.1) is 11.4 Å². The van der Waals surface area contributed by atoms with Gasteiger partial charge in [0.15, 0.2) is 0 Å². The minimum Gasteiger partial charge on any atom is -0.397 e. The molecule has 3 N–H and O–H groups in total. The number of nitrogen functional groups attached to an aromatic ring is 1. The van der Waals surface area contributed by atoms with Crippen LogP contribution >= 0.6 is 0 Å². The smallest absolute Gasteiger partial charge is 0.0582 e. The molecule has 88 valence electrons. The van der Waals surface area contributed by atoms with E-state index in [4.69, 9.17) is 5.73 Å². The van der Waals surface area contributed by atoms with Crippen molar-refractivity contribution in [2.45, 2.75) is 20.4 Å². The molecular formula is C14H17N3. The summed E-state index contributed by atoms with van der Waals surface area (Å²) in [5.41, 5.74) is 11.3. The van der Waals surface area contributed by atoms with Crippen molar-refractivity contribution in [3.8, 4) is 0 Å². The minimum atomic E-state index is 0.737. The van der Waals surface area contributed by atoms with E-state index in [0.29, 0.717) is 0 Å². The topological polar surface area (TPSA) is 50.9 Å². The van der Waals surface area contributed by atoms with Crippen LogP contribution in [0.15, 0.2) is 36.7 Å². The molecule has 0 bridgehead atoms. The van der Waals surface area contributed by atoms with Gasteiger partial charge < -0.3 is 11.1 Å². The number of aromatic nitrogens is 1. The van der Waals surface area contributed by atoms with Gasteiger partial charge in [-0.05, 0) is 42.7 Å². The number of hydrogen-bond donors (Lipinski definition) is 2. The number of nitrogens with zero attached hydrogens (tertiary/aromatic N) is 1. The molecule has 0 radical (unpaired) electrons. The summed E-state index contributed by atoms with van der Waals surface area (Å²) in [5.74, 6) is 0. The fraction of sp³-hybridized carbons (Fsp3) is 0.214. The van der Waals surface area contributed by atoms with E-state index in [2.05, 4.69) is 29.4 Å². The van der Waals surface area contributed by atoms with E-state index < -0.39 is 0 Å². The van der Waals surface area contributed by atoms with Crippen molar-refractivity contribution in [1.82, 2.24) is 4.98 Å². The largest absolute Gasteiger partial charge is 0.397 e. The van der Waals surface area contributed by atoms with Gasteiger partial charge in [0, 0.05) is 18.9 Å². The van der Waals surface area contributed by atoms with Gasteiger partial charge in [-0.3, -0.25) is 4.98 Å². The Kier molecular flexibility index (Phi) is 3.28. The second-order valence-corrected chi connectivity index (χ2v) is 4.26. The molecule has 1 heterocycles. The maximum atomic E-state index is 6.04. The highest BCUT2D eigenvalue weighted by atomic mass is 14.9. The molecular weight excluding hydrogens is 210 g/mol. The Balaban J connectivity index is 2.14. The van der Waals surface area contributed by atoms with Gasteiger partial charge in [0.2, 0.25) is 0 Å². The van der Waals surface area contributed by atoms with Crippen molar-refractivity contribution in [3.63, 3.8) is 0 Å². The number of nitrogens with one attached hydrogen (secondary N) is 1. The highest BCUT2D eigenvalue weighted by molar-refractivity contribution is 5.70. The second kappa shape index (κ2) is 4.87. The number of pyridine rings is 1. The average Bonchev–Trinajstić information content (AvgIpc) is 2.33. The summed E-state index contributed by atoms with van der Waals surface area (Å²) < 4.78 is 0. The second-order valence-electron chi connectivity index (χ2n) is 4.26. The summed E-state index contributed by atoms with van der Waals surface area (Å²) in [5, 5.41) is 3.35. The lowest BCUT2D eigenvalue weighted by atomic mass is 10.1. The first-order chi connectivity index (χ1) is 8.16. The monoisotopic (exact) mass is 227 g/mol. The first-order valence-corrected chi connectivity index (χ1v) is 5.66. The van der Waals surface area contributed by atoms with Gasteiger partial charge in [-0.2, -0.15) is 0 Å². The van der Waals surface area contributed by atoms with Crippen LogP contribution in [0.1, 0.15) is 16.7 Å². The van der Waals surface area contributed by atoms with Crippen LogP contribution in [0.5, 0.6) is 0 Å². The molecule has 3 heteroatoms. The zero-order valence-corrected chi connectivity index (χ0v) is 10.2. The zero-order valence-electron chi connectivity index (χ0n) is 10.2. The molecule has 0 fully saturated rings. The third-order valence-corrected chi connectivity index (χ3v) is 2.74. The van der Waals surface area contributed by atoms with Crippen LogP contribution in [0, 0.1) is 13.8 Å². The first-order valence-electron chi connectivity index (χ1n) is 5.66. The van der Waals surface area contributed by atoms with Gasteiger partial charge in [0.25, 0.3) is 0 Å². The molecule has 1 aromatic heterocycles. The zero-order chi connectivity index (χ0) is 12.3. The Morgan fingerprint density at radius 3 is 2.82 bits per heavy atom. The normalized spacial score (nSPS) is 10.2. The quantitative estimate of drug-likeness (QED) is 0.793. The van der Waals surface area contributed by atoms with Crippen LogP contribution in [0.4, 0.5) is 11.4 Å². The highest BCUT2D eigenvalue weighted by Crippen LogP contribution is 2.24. The first kappa shape index (κ1) is 11.5. The Morgan fingerprint density at radius 1 is 1.29 bits per heavy atom. The van der Waals surface area contributed by atoms with Crippen molar-refractivity contribution >= 4 is 11.4 Å². The molecule has 0 aliphatic carbocycles. The lowest BCUT2D eigenvalue weighted by Gasteiger charge is -2.12. The minimum absolute atomic E-state index is 0.737. The van der Waals surface area contributed by atoms with Crippen LogP contribution in [-0.2, 0) is 6.54 Å². The van der Waals surface area contributed by atoms with Crippen LogP contribution in [0.2, 0.25) is 0 Å². The molecule has 0 amide bonds. The Morgan fingerprint density at radius 2 is 2.12 bits per heavy atom. The molecule has 3 nitrogen and oxygen atoms in total. The molecule has 1 aromatic carbocycles. The molecule has 0 aliphatic rings. The summed E-state index contributed by atoms with van der Waals surface area (Å²) in [7, 11) is 0. The fourth-order valence-electron chi connectivity index (χ4n) is 1.83. The number of anilines is 2. The van der Waals surface area contributed by atoms with Gasteiger partial charge in [-0.15, -0.1) is 0 Å². The van der Waals surface area contributed by atoms with E-state index >= 15 is 0 Å². The van der Waals surface area contributed by atoms with Crippen LogP contribution in [0.3, 0.4) is 0 Å². The summed E-state index contributed by atoms with van der Waals surface area (Å²) in [6.07, 6.45) is 3.63. The summed E-state index contributed by atoms with van der Waals surface area (Å²) in [6, 6.07) is 8.13. The predicted octanol–water partition coefficient (Wildman–Crippen LogP) is 2.89. The summed E-state index contributed by atoms with van der Waals surface area (Å²) in [4.78, 5) is 4.08. The van der Waals surface area contributed by atoms with Gasteiger partial charge in [-0.25, -0.2) is 0 Å². The van der Waals surface area contributed by atoms with Crippen LogP contribution < -0.4 is 11.1 Å². The number of aryl methyl sites for hydroxylation is 2. The molecule has 0 unspecified atom stereocenters. The molecule has 0 saturated carbocycles. The third-order valence-electron chi connectivity index (χ3n) is 2.74. The van der Waals surface area contributed by atoms with E-state index in [9.17, 15) is 0 Å². The Hall–Kier alpha value is -2.03. The third kappa shape index (κ3) is 2.75. The van der Waals surface area contributed by atoms with E-state index in [0.717, 1.165) is 29.0 Å². The van der Waals surface area contributed by atoms with Crippen molar-refractivity contribution < 1.29 is 0 Å². The van der Waals surface area contributed by atoms with E-state index in [1.54, 1.807) is 6.20 Å². The van der Waals surface area contributed by atoms with Crippen LogP contribution in [-0.4, -0.2) is 4.98 Å². The SMILES string of the molecule is Cc1cc(C)c(N)c(NCc2cccnc2)c1. The molecule has 0 atom stereocenters. The maximum absolute atomic E-state index is 6.04. The predicted molar refractivity (Wildman–Crippen MR) is 71.9 cm³/mol. The average molecular weight is 227 g/mol. The van der Waals surface area contributed by atoms with Crippen molar-refractivity contribution in [3.05, 3.63) is 53.3 Å². The van der Waals surface area contributed by atoms with Gasteiger partial charge in [-0.1, -0.05) is 12.1 Å². The fourth-order valence-corrected chi connectivity index (χ4v) is 1.83. The number of nitrogens with two attached hydrogens (primary N) is 1. The van der Waals surface area contributed by atoms with Crippen molar-refractivity contribution in [2.75, 3.05) is 11.1 Å². The van der Waals surface area contributed by atoms with Crippen molar-refractivity contribution in [1.29, 1.82) is 0 Å². The van der Waals surface area contributed by atoms with E-state index in [-0.39, 0.29) is 0 Å². The van der Waals surface area contributed by atoms with Gasteiger partial charge >= 0.3 is 0 Å². The van der Waals surface area contributed by atoms with Gasteiger partial charge in [0.1, 0.15) is 0 Å². The molecule has 0 saturated heterocycles. The highest BCUT2D eigenvalue weighted by Gasteiger charge is 2.03. The lowest BCUT2D eigenvalue weighted by Crippen LogP contribution is -2.04. The van der Waals surface area contributed by atoms with Crippen LogP contribution in [0.25, 0.3) is 0 Å². The Bertz CT molecular complexity index is 506. The summed E-state index contributed by atoms with van der Waals surface area (Å²) in [6.45, 7) is 4.83. The van der Waals surface area contributed by atoms with E-state index in [1.165, 1.54) is 5.56 Å². The summed E-state index contributed by atoms with van der Waals surface area (Å²) >= 11 is 0.